The van der Waals surface area contributed by atoms with Gasteiger partial charge in [0.2, 0.25) is 0 Å². The summed E-state index contributed by atoms with van der Waals surface area (Å²) in [5, 5.41) is 0. The minimum absolute atomic E-state index is 0.221. The van der Waals surface area contributed by atoms with Crippen molar-refractivity contribution in [1.29, 1.82) is 0 Å². The minimum Gasteiger partial charge on any atom is -0.457 e. The van der Waals surface area contributed by atoms with E-state index in [1.54, 1.807) is 18.2 Å². The molecule has 0 saturated heterocycles. The fraction of sp³-hybridized carbons (Fsp3) is 0.125. The van der Waals surface area contributed by atoms with Gasteiger partial charge in [-0.2, -0.15) is 0 Å². The van der Waals surface area contributed by atoms with Crippen LogP contribution in [0.4, 0.5) is 5.69 Å². The molecule has 0 amide bonds. The van der Waals surface area contributed by atoms with E-state index in [-0.39, 0.29) is 11.9 Å². The number of rotatable bonds is 0. The topological polar surface area (TPSA) is 78.6 Å². The molecule has 0 radical (unpaired) electrons. The molecule has 0 unspecified atom stereocenters. The predicted molar refractivity (Wildman–Crippen MR) is 83.2 cm³/mol. The zero-order valence-corrected chi connectivity index (χ0v) is 13.1. The third-order valence-electron chi connectivity index (χ3n) is 3.36. The molecule has 5 nitrogen and oxygen atoms in total. The SMILES string of the molecule is Nc1ccc2c(c1)C(=O)OC2.O=C1OCc2ccc(Br)cc21. The average molecular weight is 362 g/mol. The number of anilines is 1. The summed E-state index contributed by atoms with van der Waals surface area (Å²) in [6.45, 7) is 0.801. The molecule has 2 N–H and O–H groups in total. The van der Waals surface area contributed by atoms with Crippen molar-refractivity contribution in [2.45, 2.75) is 13.2 Å². The van der Waals surface area contributed by atoms with E-state index < -0.39 is 0 Å². The van der Waals surface area contributed by atoms with Crippen molar-refractivity contribution in [2.75, 3.05) is 5.73 Å². The Bertz CT molecular complexity index is 707. The van der Waals surface area contributed by atoms with E-state index >= 15 is 0 Å². The van der Waals surface area contributed by atoms with Crippen LogP contribution < -0.4 is 5.73 Å². The Morgan fingerprint density at radius 2 is 1.41 bits per heavy atom. The number of hydrogen-bond donors (Lipinski definition) is 1. The number of benzene rings is 2. The Morgan fingerprint density at radius 3 is 2.05 bits per heavy atom. The van der Waals surface area contributed by atoms with Crippen molar-refractivity contribution in [3.8, 4) is 0 Å². The lowest BCUT2D eigenvalue weighted by atomic mass is 10.1. The van der Waals surface area contributed by atoms with Crippen LogP contribution in [-0.2, 0) is 22.7 Å². The van der Waals surface area contributed by atoms with Crippen LogP contribution in [0.1, 0.15) is 31.8 Å². The number of ether oxygens (including phenoxy) is 2. The molecule has 2 aromatic rings. The highest BCUT2D eigenvalue weighted by atomic mass is 79.9. The zero-order chi connectivity index (χ0) is 15.7. The van der Waals surface area contributed by atoms with E-state index in [1.807, 2.05) is 18.2 Å². The average Bonchev–Trinajstić information content (AvgIpc) is 3.04. The standard InChI is InChI=1S/C8H5BrO2.C8H7NO2/c2*9-6-2-1-5-4-11-8(10)7(5)3-6/h1-3H,4H2;1-3H,4,9H2. The van der Waals surface area contributed by atoms with Gasteiger partial charge in [0.1, 0.15) is 13.2 Å². The van der Waals surface area contributed by atoms with Crippen molar-refractivity contribution >= 4 is 33.6 Å². The van der Waals surface area contributed by atoms with Gasteiger partial charge in [-0.15, -0.1) is 0 Å². The van der Waals surface area contributed by atoms with E-state index in [4.69, 9.17) is 15.2 Å². The van der Waals surface area contributed by atoms with Gasteiger partial charge in [-0.05, 0) is 24.3 Å². The van der Waals surface area contributed by atoms with Crippen molar-refractivity contribution in [1.82, 2.24) is 0 Å². The molecule has 22 heavy (non-hydrogen) atoms. The summed E-state index contributed by atoms with van der Waals surface area (Å²) in [5.41, 5.74) is 9.26. The molecule has 0 fully saturated rings. The monoisotopic (exact) mass is 361 g/mol. The van der Waals surface area contributed by atoms with Gasteiger partial charge in [-0.1, -0.05) is 28.1 Å². The van der Waals surface area contributed by atoms with E-state index in [0.29, 0.717) is 30.0 Å². The Labute approximate surface area is 135 Å². The van der Waals surface area contributed by atoms with E-state index in [9.17, 15) is 9.59 Å². The van der Waals surface area contributed by atoms with E-state index in [2.05, 4.69) is 15.9 Å². The molecular weight excluding hydrogens is 350 g/mol. The maximum Gasteiger partial charge on any atom is 0.338 e. The third kappa shape index (κ3) is 2.82. The van der Waals surface area contributed by atoms with Gasteiger partial charge in [0.15, 0.2) is 0 Å². The second-order valence-electron chi connectivity index (χ2n) is 4.87. The summed E-state index contributed by atoms with van der Waals surface area (Å²) in [5.74, 6) is -0.492. The van der Waals surface area contributed by atoms with Gasteiger partial charge in [0.05, 0.1) is 11.1 Å². The first kappa shape index (κ1) is 14.6. The lowest BCUT2D eigenvalue weighted by Gasteiger charge is -1.94. The number of halogens is 1. The Morgan fingerprint density at radius 1 is 0.864 bits per heavy atom. The van der Waals surface area contributed by atoms with Gasteiger partial charge in [0, 0.05) is 21.3 Å². The molecule has 2 aliphatic heterocycles. The molecule has 0 saturated carbocycles. The summed E-state index contributed by atoms with van der Waals surface area (Å²) in [7, 11) is 0. The first-order chi connectivity index (χ1) is 10.5. The molecule has 4 rings (SSSR count). The van der Waals surface area contributed by atoms with Crippen LogP contribution in [0, 0.1) is 0 Å². The summed E-state index contributed by atoms with van der Waals surface area (Å²) in [4.78, 5) is 21.9. The highest BCUT2D eigenvalue weighted by Gasteiger charge is 2.21. The summed E-state index contributed by atoms with van der Waals surface area (Å²) in [6.07, 6.45) is 0. The van der Waals surface area contributed by atoms with Crippen LogP contribution in [0.2, 0.25) is 0 Å². The lowest BCUT2D eigenvalue weighted by Crippen LogP contribution is -1.94. The summed E-state index contributed by atoms with van der Waals surface area (Å²) < 4.78 is 10.5. The number of cyclic esters (lactones) is 2. The first-order valence-corrected chi connectivity index (χ1v) is 7.35. The normalized spacial score (nSPS) is 14.4. The highest BCUT2D eigenvalue weighted by molar-refractivity contribution is 9.10. The zero-order valence-electron chi connectivity index (χ0n) is 11.5. The molecule has 0 atom stereocenters. The highest BCUT2D eigenvalue weighted by Crippen LogP contribution is 2.23. The third-order valence-corrected chi connectivity index (χ3v) is 3.86. The quantitative estimate of drug-likeness (QED) is 0.576. The Kier molecular flexibility index (Phi) is 3.85. The van der Waals surface area contributed by atoms with Gasteiger partial charge in [-0.25, -0.2) is 9.59 Å². The van der Waals surface area contributed by atoms with Crippen LogP contribution in [-0.4, -0.2) is 11.9 Å². The second kappa shape index (κ2) is 5.81. The number of nitrogens with two attached hydrogens (primary N) is 1. The van der Waals surface area contributed by atoms with Crippen LogP contribution in [0.3, 0.4) is 0 Å². The van der Waals surface area contributed by atoms with E-state index in [1.165, 1.54) is 0 Å². The number of carbonyl (C=O) groups is 2. The number of carbonyl (C=O) groups excluding carboxylic acids is 2. The van der Waals surface area contributed by atoms with Gasteiger partial charge in [-0.3, -0.25) is 0 Å². The maximum absolute atomic E-state index is 11.0. The van der Waals surface area contributed by atoms with Gasteiger partial charge in [0.25, 0.3) is 0 Å². The number of nitrogen functional groups attached to an aromatic ring is 1. The van der Waals surface area contributed by atoms with Gasteiger partial charge < -0.3 is 15.2 Å². The Balaban J connectivity index is 0.000000131. The van der Waals surface area contributed by atoms with Crippen molar-refractivity contribution in [3.05, 3.63) is 63.1 Å². The molecular formula is C16H12BrNO4. The van der Waals surface area contributed by atoms with Crippen LogP contribution in [0.5, 0.6) is 0 Å². The molecule has 0 aliphatic carbocycles. The van der Waals surface area contributed by atoms with Crippen molar-refractivity contribution in [3.63, 3.8) is 0 Å². The predicted octanol–water partition coefficient (Wildman–Crippen LogP) is 3.06. The van der Waals surface area contributed by atoms with Crippen molar-refractivity contribution < 1.29 is 19.1 Å². The molecule has 0 bridgehead atoms. The largest absolute Gasteiger partial charge is 0.457 e. The fourth-order valence-electron chi connectivity index (χ4n) is 2.22. The molecule has 6 heteroatoms. The van der Waals surface area contributed by atoms with Crippen LogP contribution in [0.15, 0.2) is 40.9 Å². The molecule has 112 valence electrons. The minimum atomic E-state index is -0.271. The molecule has 2 heterocycles. The molecule has 0 aromatic heterocycles. The lowest BCUT2D eigenvalue weighted by molar-refractivity contribution is 0.0526. The molecule has 0 spiro atoms. The smallest absolute Gasteiger partial charge is 0.338 e. The Hall–Kier alpha value is -2.34. The molecule has 2 aliphatic rings. The number of hydrogen-bond acceptors (Lipinski definition) is 5. The number of fused-ring (bicyclic) bond motifs is 2. The maximum atomic E-state index is 11.0. The van der Waals surface area contributed by atoms with Crippen LogP contribution >= 0.6 is 15.9 Å². The summed E-state index contributed by atoms with van der Waals surface area (Å²) in [6, 6.07) is 10.8. The first-order valence-electron chi connectivity index (χ1n) is 6.55. The van der Waals surface area contributed by atoms with Crippen LogP contribution in [0.25, 0.3) is 0 Å². The second-order valence-corrected chi connectivity index (χ2v) is 5.79. The number of esters is 2. The van der Waals surface area contributed by atoms with Gasteiger partial charge >= 0.3 is 11.9 Å². The summed E-state index contributed by atoms with van der Waals surface area (Å²) >= 11 is 3.28. The van der Waals surface area contributed by atoms with E-state index in [0.717, 1.165) is 15.6 Å². The molecule has 2 aromatic carbocycles. The fourth-order valence-corrected chi connectivity index (χ4v) is 2.58. The van der Waals surface area contributed by atoms with Crippen molar-refractivity contribution in [2.24, 2.45) is 0 Å².